The number of hydrogen-bond donors (Lipinski definition) is 2. The van der Waals surface area contributed by atoms with Crippen LogP contribution in [0.5, 0.6) is 0 Å². The zero-order chi connectivity index (χ0) is 9.97. The van der Waals surface area contributed by atoms with Gasteiger partial charge in [-0.15, -0.1) is 12.4 Å². The molecule has 3 aliphatic carbocycles. The molecule has 3 unspecified atom stereocenters. The van der Waals surface area contributed by atoms with Crippen LogP contribution in [0.15, 0.2) is 12.2 Å². The molecule has 3 rings (SSSR count). The van der Waals surface area contributed by atoms with E-state index in [0.29, 0.717) is 18.5 Å². The van der Waals surface area contributed by atoms with Gasteiger partial charge in [0.1, 0.15) is 0 Å². The van der Waals surface area contributed by atoms with E-state index in [1.54, 1.807) is 0 Å². The fraction of sp³-hybridized carbons (Fsp3) is 0.727. The first-order valence-corrected chi connectivity index (χ1v) is 5.39. The first-order valence-electron chi connectivity index (χ1n) is 5.39. The Morgan fingerprint density at radius 3 is 2.67 bits per heavy atom. The number of carboxylic acids is 1. The first-order chi connectivity index (χ1) is 6.75. The minimum atomic E-state index is -0.714. The third kappa shape index (κ3) is 3.21. The molecule has 0 saturated heterocycles. The molecule has 0 aromatic heterocycles. The van der Waals surface area contributed by atoms with Crippen molar-refractivity contribution >= 4 is 18.4 Å². The van der Waals surface area contributed by atoms with Crippen molar-refractivity contribution in [2.75, 3.05) is 6.54 Å². The minimum absolute atomic E-state index is 0. The normalized spacial score (nSPS) is 32.4. The molecule has 3 aliphatic rings. The molecule has 0 aromatic carbocycles. The summed E-state index contributed by atoms with van der Waals surface area (Å²) in [7, 11) is 0. The number of allylic oxidation sites excluding steroid dienone is 1. The Balaban J connectivity index is 0.00000112. The fourth-order valence-corrected chi connectivity index (χ4v) is 2.53. The van der Waals surface area contributed by atoms with Crippen LogP contribution in [0.4, 0.5) is 0 Å². The summed E-state index contributed by atoms with van der Waals surface area (Å²) < 4.78 is 0. The smallest absolute Gasteiger partial charge is 0.304 e. The second-order valence-electron chi connectivity index (χ2n) is 4.33. The largest absolute Gasteiger partial charge is 0.481 e. The van der Waals surface area contributed by atoms with Crippen LogP contribution >= 0.6 is 12.4 Å². The van der Waals surface area contributed by atoms with Crippen molar-refractivity contribution in [2.45, 2.75) is 31.7 Å². The van der Waals surface area contributed by atoms with E-state index in [-0.39, 0.29) is 18.8 Å². The number of carboxylic acid groups (broad SMARTS) is 1. The highest BCUT2D eigenvalue weighted by Gasteiger charge is 2.31. The van der Waals surface area contributed by atoms with E-state index in [1.165, 1.54) is 19.3 Å². The molecule has 2 bridgehead atoms. The molecular formula is C11H18ClNO2. The summed E-state index contributed by atoms with van der Waals surface area (Å²) in [5, 5.41) is 11.9. The molecule has 0 aromatic rings. The first kappa shape index (κ1) is 12.5. The molecule has 1 saturated carbocycles. The SMILES string of the molecule is Cl.O=C(O)CCNC1CC2C=CC1CC2. The Morgan fingerprint density at radius 2 is 2.20 bits per heavy atom. The highest BCUT2D eigenvalue weighted by molar-refractivity contribution is 5.85. The molecule has 3 atom stereocenters. The van der Waals surface area contributed by atoms with Crippen LogP contribution in [0.3, 0.4) is 0 Å². The fourth-order valence-electron chi connectivity index (χ4n) is 2.53. The van der Waals surface area contributed by atoms with Crippen molar-refractivity contribution in [3.8, 4) is 0 Å². The zero-order valence-corrected chi connectivity index (χ0v) is 9.50. The van der Waals surface area contributed by atoms with Crippen molar-refractivity contribution in [2.24, 2.45) is 11.8 Å². The van der Waals surface area contributed by atoms with Gasteiger partial charge in [0.05, 0.1) is 6.42 Å². The molecule has 1 fully saturated rings. The molecular weight excluding hydrogens is 214 g/mol. The maximum atomic E-state index is 10.3. The highest BCUT2D eigenvalue weighted by atomic mass is 35.5. The van der Waals surface area contributed by atoms with Crippen LogP contribution in [-0.4, -0.2) is 23.7 Å². The topological polar surface area (TPSA) is 49.3 Å². The molecule has 0 heterocycles. The van der Waals surface area contributed by atoms with Crippen LogP contribution in [0.25, 0.3) is 0 Å². The van der Waals surface area contributed by atoms with Crippen LogP contribution < -0.4 is 5.32 Å². The van der Waals surface area contributed by atoms with Crippen molar-refractivity contribution in [3.63, 3.8) is 0 Å². The van der Waals surface area contributed by atoms with Crippen LogP contribution in [0.1, 0.15) is 25.7 Å². The zero-order valence-electron chi connectivity index (χ0n) is 8.69. The number of nitrogens with one attached hydrogen (secondary N) is 1. The van der Waals surface area contributed by atoms with Gasteiger partial charge < -0.3 is 10.4 Å². The van der Waals surface area contributed by atoms with E-state index in [9.17, 15) is 4.79 Å². The lowest BCUT2D eigenvalue weighted by Gasteiger charge is -2.38. The Bertz CT molecular complexity index is 255. The van der Waals surface area contributed by atoms with Gasteiger partial charge in [0, 0.05) is 12.6 Å². The van der Waals surface area contributed by atoms with E-state index in [0.717, 1.165) is 5.92 Å². The average Bonchev–Trinajstić information content (AvgIpc) is 2.19. The standard InChI is InChI=1S/C11H17NO2.ClH/c13-11(14)5-6-12-10-7-8-1-3-9(10)4-2-8;/h1,3,8-10,12H,2,4-7H2,(H,13,14);1H. The highest BCUT2D eigenvalue weighted by Crippen LogP contribution is 2.35. The lowest BCUT2D eigenvalue weighted by molar-refractivity contribution is -0.136. The molecule has 0 radical (unpaired) electrons. The van der Waals surface area contributed by atoms with Gasteiger partial charge in [-0.25, -0.2) is 0 Å². The van der Waals surface area contributed by atoms with Crippen LogP contribution in [0.2, 0.25) is 0 Å². The number of halogens is 1. The third-order valence-electron chi connectivity index (χ3n) is 3.32. The summed E-state index contributed by atoms with van der Waals surface area (Å²) in [6.07, 6.45) is 8.64. The van der Waals surface area contributed by atoms with Crippen molar-refractivity contribution in [3.05, 3.63) is 12.2 Å². The second-order valence-corrected chi connectivity index (χ2v) is 4.33. The minimum Gasteiger partial charge on any atom is -0.481 e. The van der Waals surface area contributed by atoms with Crippen LogP contribution in [-0.2, 0) is 4.79 Å². The summed E-state index contributed by atoms with van der Waals surface area (Å²) >= 11 is 0. The molecule has 0 amide bonds. The second kappa shape index (κ2) is 5.52. The molecule has 0 aliphatic heterocycles. The maximum Gasteiger partial charge on any atom is 0.304 e. The van der Waals surface area contributed by atoms with Gasteiger partial charge in [0.25, 0.3) is 0 Å². The molecule has 86 valence electrons. The van der Waals surface area contributed by atoms with Gasteiger partial charge in [-0.1, -0.05) is 12.2 Å². The van der Waals surface area contributed by atoms with Gasteiger partial charge in [-0.05, 0) is 31.1 Å². The number of rotatable bonds is 4. The van der Waals surface area contributed by atoms with Gasteiger partial charge in [0.2, 0.25) is 0 Å². The Morgan fingerprint density at radius 1 is 1.40 bits per heavy atom. The Kier molecular flexibility index (Phi) is 4.61. The lowest BCUT2D eigenvalue weighted by Crippen LogP contribution is -2.43. The third-order valence-corrected chi connectivity index (χ3v) is 3.32. The van der Waals surface area contributed by atoms with Gasteiger partial charge in [0.15, 0.2) is 0 Å². The number of carbonyl (C=O) groups is 1. The number of aliphatic carboxylic acids is 1. The van der Waals surface area contributed by atoms with E-state index in [2.05, 4.69) is 17.5 Å². The molecule has 4 heteroatoms. The van der Waals surface area contributed by atoms with Crippen molar-refractivity contribution < 1.29 is 9.90 Å². The average molecular weight is 232 g/mol. The predicted octanol–water partition coefficient (Wildman–Crippen LogP) is 1.83. The van der Waals surface area contributed by atoms with Gasteiger partial charge >= 0.3 is 5.97 Å². The monoisotopic (exact) mass is 231 g/mol. The summed E-state index contributed by atoms with van der Waals surface area (Å²) in [4.78, 5) is 10.3. The summed E-state index contributed by atoms with van der Waals surface area (Å²) in [5.74, 6) is 0.671. The molecule has 3 nitrogen and oxygen atoms in total. The van der Waals surface area contributed by atoms with E-state index < -0.39 is 5.97 Å². The van der Waals surface area contributed by atoms with Gasteiger partial charge in [-0.3, -0.25) is 4.79 Å². The maximum absolute atomic E-state index is 10.3. The van der Waals surface area contributed by atoms with Gasteiger partial charge in [-0.2, -0.15) is 0 Å². The summed E-state index contributed by atoms with van der Waals surface area (Å²) in [6, 6.07) is 0.526. The van der Waals surface area contributed by atoms with E-state index in [4.69, 9.17) is 5.11 Å². The molecule has 15 heavy (non-hydrogen) atoms. The van der Waals surface area contributed by atoms with Crippen LogP contribution in [0, 0.1) is 11.8 Å². The predicted molar refractivity (Wildman–Crippen MR) is 61.3 cm³/mol. The number of hydrogen-bond acceptors (Lipinski definition) is 2. The quantitative estimate of drug-likeness (QED) is 0.726. The summed E-state index contributed by atoms with van der Waals surface area (Å²) in [5.41, 5.74) is 0. The lowest BCUT2D eigenvalue weighted by atomic mass is 9.73. The van der Waals surface area contributed by atoms with E-state index in [1.807, 2.05) is 0 Å². The van der Waals surface area contributed by atoms with Crippen molar-refractivity contribution in [1.82, 2.24) is 5.32 Å². The van der Waals surface area contributed by atoms with E-state index >= 15 is 0 Å². The number of fused-ring (bicyclic) bond motifs is 2. The Hall–Kier alpha value is -0.540. The van der Waals surface area contributed by atoms with Crippen molar-refractivity contribution in [1.29, 1.82) is 0 Å². The molecule has 0 spiro atoms. The molecule has 2 N–H and O–H groups in total. The Labute approximate surface area is 96.3 Å². The summed E-state index contributed by atoms with van der Waals surface area (Å²) in [6.45, 7) is 0.608.